The second kappa shape index (κ2) is 4.59. The molecule has 5 nitrogen and oxygen atoms in total. The second-order valence-corrected chi connectivity index (χ2v) is 5.23. The molecule has 0 aromatic heterocycles. The van der Waals surface area contributed by atoms with Crippen molar-refractivity contribution in [3.8, 4) is 5.75 Å². The van der Waals surface area contributed by atoms with Crippen LogP contribution in [0.25, 0.3) is 0 Å². The highest BCUT2D eigenvalue weighted by Crippen LogP contribution is 2.19. The molecule has 17 heavy (non-hydrogen) atoms. The summed E-state index contributed by atoms with van der Waals surface area (Å²) in [5.41, 5.74) is 0. The lowest BCUT2D eigenvalue weighted by atomic mass is 10.3. The highest BCUT2D eigenvalue weighted by Gasteiger charge is 2.31. The van der Waals surface area contributed by atoms with E-state index in [0.717, 1.165) is 4.31 Å². The number of benzene rings is 1. The summed E-state index contributed by atoms with van der Waals surface area (Å²) >= 11 is 0. The molecule has 1 atom stereocenters. The van der Waals surface area contributed by atoms with Crippen molar-refractivity contribution in [1.82, 2.24) is 4.31 Å². The number of halogens is 1. The molecule has 2 rings (SSSR count). The van der Waals surface area contributed by atoms with E-state index < -0.39 is 10.3 Å². The lowest BCUT2D eigenvalue weighted by Gasteiger charge is -2.14. The average molecular weight is 261 g/mol. The van der Waals surface area contributed by atoms with Crippen molar-refractivity contribution in [3.05, 3.63) is 30.1 Å². The van der Waals surface area contributed by atoms with E-state index in [1.54, 1.807) is 0 Å². The molecule has 0 bridgehead atoms. The van der Waals surface area contributed by atoms with Gasteiger partial charge in [-0.25, -0.2) is 4.39 Å². The average Bonchev–Trinajstić information content (AvgIpc) is 2.69. The number of nitrogens with zero attached hydrogens (tertiary/aromatic N) is 1. The van der Waals surface area contributed by atoms with Gasteiger partial charge in [-0.1, -0.05) is 0 Å². The lowest BCUT2D eigenvalue weighted by molar-refractivity contribution is 0.213. The molecule has 1 aliphatic rings. The molecule has 1 heterocycles. The highest BCUT2D eigenvalue weighted by molar-refractivity contribution is 7.83. The van der Waals surface area contributed by atoms with Crippen LogP contribution in [0.2, 0.25) is 0 Å². The topological polar surface area (TPSA) is 66.8 Å². The molecular weight excluding hydrogens is 249 g/mol. The fraction of sp³-hybridized carbons (Fsp3) is 0.400. The van der Waals surface area contributed by atoms with Gasteiger partial charge < -0.3 is 4.74 Å². The fourth-order valence-corrected chi connectivity index (χ4v) is 2.40. The summed E-state index contributed by atoms with van der Waals surface area (Å²) in [4.78, 5) is 0. The van der Waals surface area contributed by atoms with E-state index in [0.29, 0.717) is 12.2 Å². The van der Waals surface area contributed by atoms with Crippen LogP contribution >= 0.6 is 0 Å². The lowest BCUT2D eigenvalue weighted by Crippen LogP contribution is -2.30. The Balaban J connectivity index is 1.96. The van der Waals surface area contributed by atoms with Crippen molar-refractivity contribution in [2.75, 3.05) is 13.1 Å². The zero-order valence-electron chi connectivity index (χ0n) is 8.91. The normalized spacial score (nSPS) is 21.6. The van der Waals surface area contributed by atoms with Gasteiger partial charge in [-0.3, -0.25) is 4.55 Å². The molecule has 7 heteroatoms. The molecule has 0 radical (unpaired) electrons. The van der Waals surface area contributed by atoms with Crippen LogP contribution in [0.5, 0.6) is 5.75 Å². The Morgan fingerprint density at radius 1 is 1.35 bits per heavy atom. The Kier molecular flexibility index (Phi) is 3.32. The summed E-state index contributed by atoms with van der Waals surface area (Å²) in [5.74, 6) is 0.122. The van der Waals surface area contributed by atoms with Crippen LogP contribution in [0.15, 0.2) is 24.3 Å². The predicted octanol–water partition coefficient (Wildman–Crippen LogP) is 1.08. The quantitative estimate of drug-likeness (QED) is 0.827. The van der Waals surface area contributed by atoms with Gasteiger partial charge in [0, 0.05) is 6.54 Å². The van der Waals surface area contributed by atoms with Gasteiger partial charge in [-0.05, 0) is 30.7 Å². The highest BCUT2D eigenvalue weighted by atomic mass is 32.2. The molecule has 0 aliphatic carbocycles. The number of hydrogen-bond acceptors (Lipinski definition) is 3. The Hall–Kier alpha value is -1.18. The molecule has 1 unspecified atom stereocenters. The van der Waals surface area contributed by atoms with Crippen LogP contribution in [0.3, 0.4) is 0 Å². The zero-order valence-corrected chi connectivity index (χ0v) is 9.73. The second-order valence-electron chi connectivity index (χ2n) is 3.82. The third-order valence-corrected chi connectivity index (χ3v) is 3.53. The number of rotatable bonds is 3. The summed E-state index contributed by atoms with van der Waals surface area (Å²) in [5, 5.41) is 0. The van der Waals surface area contributed by atoms with Crippen LogP contribution in [0.4, 0.5) is 4.39 Å². The minimum Gasteiger partial charge on any atom is -0.489 e. The largest absolute Gasteiger partial charge is 0.489 e. The maximum atomic E-state index is 12.6. The molecular formula is C10H12FNO4S. The van der Waals surface area contributed by atoms with Gasteiger partial charge in [0.15, 0.2) is 0 Å². The van der Waals surface area contributed by atoms with Gasteiger partial charge in [0.2, 0.25) is 0 Å². The molecule has 0 saturated carbocycles. The van der Waals surface area contributed by atoms with Crippen molar-refractivity contribution in [2.45, 2.75) is 12.5 Å². The summed E-state index contributed by atoms with van der Waals surface area (Å²) in [6.07, 6.45) is 0.180. The molecule has 0 spiro atoms. The molecule has 0 amide bonds. The molecule has 1 saturated heterocycles. The minimum absolute atomic E-state index is 0.107. The van der Waals surface area contributed by atoms with E-state index in [2.05, 4.69) is 0 Å². The van der Waals surface area contributed by atoms with Crippen molar-refractivity contribution in [3.63, 3.8) is 0 Å². The van der Waals surface area contributed by atoms with E-state index in [-0.39, 0.29) is 25.0 Å². The molecule has 1 N–H and O–H groups in total. The van der Waals surface area contributed by atoms with Crippen LogP contribution in [-0.2, 0) is 10.3 Å². The van der Waals surface area contributed by atoms with E-state index >= 15 is 0 Å². The SMILES string of the molecule is O=S(=O)(O)N1CCC(Oc2ccc(F)cc2)C1. The van der Waals surface area contributed by atoms with Crippen LogP contribution in [0.1, 0.15) is 6.42 Å². The minimum atomic E-state index is -4.14. The molecule has 1 aliphatic heterocycles. The van der Waals surface area contributed by atoms with Crippen LogP contribution < -0.4 is 4.74 Å². The Bertz CT molecular complexity index is 488. The number of hydrogen-bond donors (Lipinski definition) is 1. The Morgan fingerprint density at radius 2 is 2.00 bits per heavy atom. The standard InChI is InChI=1S/C10H12FNO4S/c11-8-1-3-9(4-2-8)16-10-5-6-12(7-10)17(13,14)15/h1-4,10H,5-7H2,(H,13,14,15). The summed E-state index contributed by atoms with van der Waals surface area (Å²) in [6.45, 7) is 0.334. The van der Waals surface area contributed by atoms with E-state index in [4.69, 9.17) is 9.29 Å². The van der Waals surface area contributed by atoms with E-state index in [1.807, 2.05) is 0 Å². The van der Waals surface area contributed by atoms with Gasteiger partial charge in [0.1, 0.15) is 17.7 Å². The third kappa shape index (κ3) is 3.15. The molecule has 1 aromatic carbocycles. The summed E-state index contributed by atoms with van der Waals surface area (Å²) in [6, 6.07) is 5.49. The van der Waals surface area contributed by atoms with E-state index in [1.165, 1.54) is 24.3 Å². The maximum Gasteiger partial charge on any atom is 0.336 e. The zero-order chi connectivity index (χ0) is 12.5. The monoisotopic (exact) mass is 261 g/mol. The Morgan fingerprint density at radius 3 is 2.53 bits per heavy atom. The first-order valence-electron chi connectivity index (χ1n) is 5.10. The summed E-state index contributed by atoms with van der Waals surface area (Å²) in [7, 11) is -4.14. The van der Waals surface area contributed by atoms with E-state index in [9.17, 15) is 12.8 Å². The number of ether oxygens (including phenoxy) is 1. The van der Waals surface area contributed by atoms with Gasteiger partial charge in [-0.2, -0.15) is 12.7 Å². The first kappa shape index (κ1) is 12.3. The van der Waals surface area contributed by atoms with Crippen molar-refractivity contribution >= 4 is 10.3 Å². The maximum absolute atomic E-state index is 12.6. The van der Waals surface area contributed by atoms with Crippen molar-refractivity contribution < 1.29 is 22.1 Å². The van der Waals surface area contributed by atoms with Gasteiger partial charge >= 0.3 is 10.3 Å². The Labute approximate surface area is 98.7 Å². The first-order valence-corrected chi connectivity index (χ1v) is 6.49. The molecule has 94 valence electrons. The van der Waals surface area contributed by atoms with Crippen molar-refractivity contribution in [2.24, 2.45) is 0 Å². The predicted molar refractivity (Wildman–Crippen MR) is 58.6 cm³/mol. The molecule has 1 aromatic rings. The van der Waals surface area contributed by atoms with Crippen LogP contribution in [0, 0.1) is 5.82 Å². The fourth-order valence-electron chi connectivity index (χ4n) is 1.71. The van der Waals surface area contributed by atoms with Crippen molar-refractivity contribution in [1.29, 1.82) is 0 Å². The smallest absolute Gasteiger partial charge is 0.336 e. The van der Waals surface area contributed by atoms with Gasteiger partial charge in [0.05, 0.1) is 6.54 Å². The summed E-state index contributed by atoms with van der Waals surface area (Å²) < 4.78 is 49.6. The third-order valence-electron chi connectivity index (χ3n) is 2.55. The molecule has 1 fully saturated rings. The van der Waals surface area contributed by atoms with Crippen LogP contribution in [-0.4, -0.2) is 36.5 Å². The first-order chi connectivity index (χ1) is 7.95. The van der Waals surface area contributed by atoms with Gasteiger partial charge in [0.25, 0.3) is 0 Å². The van der Waals surface area contributed by atoms with Gasteiger partial charge in [-0.15, -0.1) is 0 Å².